The van der Waals surface area contributed by atoms with Crippen LogP contribution in [0.2, 0.25) is 0 Å². The summed E-state index contributed by atoms with van der Waals surface area (Å²) in [7, 11) is 0. The van der Waals surface area contributed by atoms with E-state index in [4.69, 9.17) is 4.74 Å². The summed E-state index contributed by atoms with van der Waals surface area (Å²) < 4.78 is 5.49. The molecule has 0 saturated carbocycles. The minimum atomic E-state index is 0.645. The number of nitrogens with zero attached hydrogens (tertiary/aromatic N) is 3. The molecule has 1 aromatic rings. The number of rotatable bonds is 8. The smallest absolute Gasteiger partial charge is 0.218 e. The molecule has 0 atom stereocenters. The Hall–Kier alpha value is -1.40. The molecule has 112 valence electrons. The van der Waals surface area contributed by atoms with Crippen molar-refractivity contribution in [2.75, 3.05) is 51.2 Å². The van der Waals surface area contributed by atoms with Crippen LogP contribution in [-0.4, -0.2) is 60.7 Å². The molecule has 0 aliphatic carbocycles. The van der Waals surface area contributed by atoms with Gasteiger partial charge < -0.3 is 20.3 Å². The van der Waals surface area contributed by atoms with Crippen LogP contribution in [0.3, 0.4) is 0 Å². The Morgan fingerprint density at radius 2 is 2.20 bits per heavy atom. The van der Waals surface area contributed by atoms with Gasteiger partial charge in [0.25, 0.3) is 0 Å². The van der Waals surface area contributed by atoms with E-state index in [1.54, 1.807) is 6.33 Å². The number of aromatic nitrogens is 2. The zero-order chi connectivity index (χ0) is 14.0. The van der Waals surface area contributed by atoms with Crippen LogP contribution in [0.4, 0.5) is 5.82 Å². The van der Waals surface area contributed by atoms with E-state index < -0.39 is 0 Å². The van der Waals surface area contributed by atoms with E-state index >= 15 is 0 Å². The largest absolute Gasteiger partial charge is 0.478 e. The van der Waals surface area contributed by atoms with E-state index in [-0.39, 0.29) is 0 Å². The van der Waals surface area contributed by atoms with E-state index in [0.29, 0.717) is 12.5 Å². The molecule has 1 fully saturated rings. The minimum Gasteiger partial charge on any atom is -0.478 e. The average Bonchev–Trinajstić information content (AvgIpc) is 2.51. The lowest BCUT2D eigenvalue weighted by Gasteiger charge is -2.27. The molecule has 6 nitrogen and oxygen atoms in total. The van der Waals surface area contributed by atoms with Gasteiger partial charge in [0.1, 0.15) is 12.1 Å². The molecule has 0 radical (unpaired) electrons. The maximum Gasteiger partial charge on any atom is 0.218 e. The molecular weight excluding hydrogens is 254 g/mol. The highest BCUT2D eigenvalue weighted by Crippen LogP contribution is 2.11. The lowest BCUT2D eigenvalue weighted by molar-refractivity contribution is 0.240. The van der Waals surface area contributed by atoms with Gasteiger partial charge in [0.2, 0.25) is 5.88 Å². The maximum absolute atomic E-state index is 5.49. The lowest BCUT2D eigenvalue weighted by Crippen LogP contribution is -2.44. The zero-order valence-corrected chi connectivity index (χ0v) is 12.3. The lowest BCUT2D eigenvalue weighted by atomic mass is 10.3. The van der Waals surface area contributed by atoms with Gasteiger partial charge in [0.15, 0.2) is 0 Å². The highest BCUT2D eigenvalue weighted by atomic mass is 16.5. The van der Waals surface area contributed by atoms with Crippen LogP contribution in [0.5, 0.6) is 5.88 Å². The standard InChI is InChI=1S/C14H25N5O/c1-2-10-20-14-11-13(17-12-18-14)16-4-3-7-19-8-5-15-6-9-19/h11-12,15H,2-10H2,1H3,(H,16,17,18). The van der Waals surface area contributed by atoms with Gasteiger partial charge in [-0.3, -0.25) is 0 Å². The molecule has 0 amide bonds. The number of hydrogen-bond acceptors (Lipinski definition) is 6. The van der Waals surface area contributed by atoms with Gasteiger partial charge in [0, 0.05) is 38.8 Å². The normalized spacial score (nSPS) is 16.1. The van der Waals surface area contributed by atoms with Gasteiger partial charge in [-0.15, -0.1) is 0 Å². The van der Waals surface area contributed by atoms with Crippen LogP contribution in [-0.2, 0) is 0 Å². The van der Waals surface area contributed by atoms with Crippen molar-refractivity contribution in [3.63, 3.8) is 0 Å². The van der Waals surface area contributed by atoms with Crippen LogP contribution >= 0.6 is 0 Å². The molecule has 2 rings (SSSR count). The summed E-state index contributed by atoms with van der Waals surface area (Å²) in [5.74, 6) is 1.48. The fourth-order valence-corrected chi connectivity index (χ4v) is 2.18. The van der Waals surface area contributed by atoms with Crippen LogP contribution < -0.4 is 15.4 Å². The van der Waals surface area contributed by atoms with Crippen LogP contribution in [0, 0.1) is 0 Å². The quantitative estimate of drug-likeness (QED) is 0.692. The number of nitrogens with one attached hydrogen (secondary N) is 2. The highest BCUT2D eigenvalue weighted by Gasteiger charge is 2.08. The van der Waals surface area contributed by atoms with E-state index in [9.17, 15) is 0 Å². The van der Waals surface area contributed by atoms with Crippen molar-refractivity contribution in [1.29, 1.82) is 0 Å². The van der Waals surface area contributed by atoms with E-state index in [2.05, 4.69) is 32.4 Å². The molecule has 0 bridgehead atoms. The molecule has 0 spiro atoms. The predicted molar refractivity (Wildman–Crippen MR) is 80.2 cm³/mol. The van der Waals surface area contributed by atoms with Gasteiger partial charge in [0.05, 0.1) is 6.61 Å². The number of hydrogen-bond donors (Lipinski definition) is 2. The van der Waals surface area contributed by atoms with Crippen molar-refractivity contribution in [3.05, 3.63) is 12.4 Å². The second-order valence-electron chi connectivity index (χ2n) is 4.96. The topological polar surface area (TPSA) is 62.3 Å². The summed E-state index contributed by atoms with van der Waals surface area (Å²) in [6.45, 7) is 9.36. The Balaban J connectivity index is 1.65. The third-order valence-electron chi connectivity index (χ3n) is 3.26. The summed E-state index contributed by atoms with van der Waals surface area (Å²) >= 11 is 0. The Morgan fingerprint density at radius 3 is 3.00 bits per heavy atom. The van der Waals surface area contributed by atoms with Crippen LogP contribution in [0.15, 0.2) is 12.4 Å². The summed E-state index contributed by atoms with van der Waals surface area (Å²) in [5, 5.41) is 6.69. The SMILES string of the molecule is CCCOc1cc(NCCCN2CCNCC2)ncn1. The van der Waals surface area contributed by atoms with Crippen LogP contribution in [0.25, 0.3) is 0 Å². The average molecular weight is 279 g/mol. The van der Waals surface area contributed by atoms with Gasteiger partial charge >= 0.3 is 0 Å². The first-order chi connectivity index (χ1) is 9.88. The Labute approximate surface area is 120 Å². The van der Waals surface area contributed by atoms with Gasteiger partial charge in [-0.05, 0) is 19.4 Å². The molecule has 6 heteroatoms. The van der Waals surface area contributed by atoms with Crippen molar-refractivity contribution in [1.82, 2.24) is 20.2 Å². The van der Waals surface area contributed by atoms with E-state index in [1.807, 2.05) is 6.07 Å². The minimum absolute atomic E-state index is 0.645. The summed E-state index contributed by atoms with van der Waals surface area (Å²) in [5.41, 5.74) is 0. The molecule has 0 aromatic carbocycles. The molecule has 1 aliphatic heterocycles. The highest BCUT2D eigenvalue weighted by molar-refractivity contribution is 5.36. The zero-order valence-electron chi connectivity index (χ0n) is 12.3. The van der Waals surface area contributed by atoms with Crippen molar-refractivity contribution in [2.24, 2.45) is 0 Å². The number of anilines is 1. The second-order valence-corrected chi connectivity index (χ2v) is 4.96. The van der Waals surface area contributed by atoms with Crippen molar-refractivity contribution in [2.45, 2.75) is 19.8 Å². The predicted octanol–water partition coefficient (Wildman–Crippen LogP) is 0.973. The fraction of sp³-hybridized carbons (Fsp3) is 0.714. The number of ether oxygens (including phenoxy) is 1. The molecule has 0 unspecified atom stereocenters. The molecule has 2 heterocycles. The first-order valence-corrected chi connectivity index (χ1v) is 7.50. The van der Waals surface area contributed by atoms with Gasteiger partial charge in [-0.2, -0.15) is 0 Å². The molecule has 1 aromatic heterocycles. The summed E-state index contributed by atoms with van der Waals surface area (Å²) in [4.78, 5) is 10.8. The first kappa shape index (κ1) is 15.0. The van der Waals surface area contributed by atoms with Crippen LogP contribution in [0.1, 0.15) is 19.8 Å². The second kappa shape index (κ2) is 8.71. The Bertz CT molecular complexity index is 382. The van der Waals surface area contributed by atoms with E-state index in [0.717, 1.165) is 57.9 Å². The maximum atomic E-state index is 5.49. The van der Waals surface area contributed by atoms with Crippen molar-refractivity contribution in [3.8, 4) is 5.88 Å². The molecular formula is C14H25N5O. The third-order valence-corrected chi connectivity index (χ3v) is 3.26. The fourth-order valence-electron chi connectivity index (χ4n) is 2.18. The monoisotopic (exact) mass is 279 g/mol. The van der Waals surface area contributed by atoms with Crippen molar-refractivity contribution >= 4 is 5.82 Å². The summed E-state index contributed by atoms with van der Waals surface area (Å²) in [6, 6.07) is 1.86. The molecule has 2 N–H and O–H groups in total. The van der Waals surface area contributed by atoms with Gasteiger partial charge in [-0.1, -0.05) is 6.92 Å². The Kier molecular flexibility index (Phi) is 6.53. The van der Waals surface area contributed by atoms with E-state index in [1.165, 1.54) is 0 Å². The molecule has 1 aliphatic rings. The molecule has 1 saturated heterocycles. The van der Waals surface area contributed by atoms with Gasteiger partial charge in [-0.25, -0.2) is 9.97 Å². The first-order valence-electron chi connectivity index (χ1n) is 7.50. The number of piperazine rings is 1. The Morgan fingerprint density at radius 1 is 1.35 bits per heavy atom. The van der Waals surface area contributed by atoms with Crippen molar-refractivity contribution < 1.29 is 4.74 Å². The molecule has 20 heavy (non-hydrogen) atoms. The third kappa shape index (κ3) is 5.30. The summed E-state index contributed by atoms with van der Waals surface area (Å²) in [6.07, 6.45) is 3.65.